The van der Waals surface area contributed by atoms with Gasteiger partial charge in [0.25, 0.3) is 0 Å². The molecule has 26 heavy (non-hydrogen) atoms. The van der Waals surface area contributed by atoms with Crippen LogP contribution in [-0.4, -0.2) is 18.8 Å². The van der Waals surface area contributed by atoms with Gasteiger partial charge in [0, 0.05) is 28.9 Å². The van der Waals surface area contributed by atoms with E-state index >= 15 is 0 Å². The van der Waals surface area contributed by atoms with Gasteiger partial charge < -0.3 is 4.57 Å². The van der Waals surface area contributed by atoms with Crippen LogP contribution in [0.3, 0.4) is 0 Å². The quantitative estimate of drug-likeness (QED) is 0.669. The highest BCUT2D eigenvalue weighted by Gasteiger charge is 2.15. The van der Waals surface area contributed by atoms with Crippen LogP contribution in [0.5, 0.6) is 0 Å². The van der Waals surface area contributed by atoms with Crippen molar-refractivity contribution in [3.63, 3.8) is 0 Å². The number of aromatic nitrogens is 1. The van der Waals surface area contributed by atoms with Crippen molar-refractivity contribution in [2.24, 2.45) is 5.14 Å². The minimum absolute atomic E-state index is 0.0279. The lowest BCUT2D eigenvalue weighted by Gasteiger charge is -2.10. The molecule has 0 radical (unpaired) electrons. The monoisotopic (exact) mass is 388 g/mol. The Morgan fingerprint density at radius 3 is 2.23 bits per heavy atom. The molecule has 0 aliphatic carbocycles. The normalized spacial score (nSPS) is 11.5. The van der Waals surface area contributed by atoms with Crippen LogP contribution in [0.4, 0.5) is 0 Å². The molecular weight excluding hydrogens is 372 g/mol. The van der Waals surface area contributed by atoms with Gasteiger partial charge in [-0.25, -0.2) is 13.6 Å². The highest BCUT2D eigenvalue weighted by Crippen LogP contribution is 2.28. The van der Waals surface area contributed by atoms with E-state index in [1.807, 2.05) is 29.7 Å². The molecule has 7 heteroatoms. The molecule has 1 heterocycles. The number of benzene rings is 2. The summed E-state index contributed by atoms with van der Waals surface area (Å²) in [6, 6.07) is 15.3. The van der Waals surface area contributed by atoms with E-state index in [4.69, 9.17) is 16.7 Å². The van der Waals surface area contributed by atoms with Gasteiger partial charge in [-0.1, -0.05) is 30.7 Å². The summed E-state index contributed by atoms with van der Waals surface area (Å²) in [7, 11) is -3.76. The van der Waals surface area contributed by atoms with Crippen molar-refractivity contribution in [3.8, 4) is 16.9 Å². The summed E-state index contributed by atoms with van der Waals surface area (Å²) in [4.78, 5) is 12.2. The fourth-order valence-electron chi connectivity index (χ4n) is 2.67. The molecule has 0 unspecified atom stereocenters. The van der Waals surface area contributed by atoms with Crippen LogP contribution in [0.1, 0.15) is 23.7 Å². The largest absolute Gasteiger partial charge is 0.316 e. The Morgan fingerprint density at radius 1 is 1.08 bits per heavy atom. The van der Waals surface area contributed by atoms with Gasteiger partial charge in [0.15, 0.2) is 5.78 Å². The second-order valence-electron chi connectivity index (χ2n) is 5.81. The van der Waals surface area contributed by atoms with Crippen LogP contribution in [0.25, 0.3) is 16.9 Å². The fourth-order valence-corrected chi connectivity index (χ4v) is 3.31. The molecular formula is C19H17ClN2O3S. The van der Waals surface area contributed by atoms with Crippen molar-refractivity contribution >= 4 is 27.4 Å². The van der Waals surface area contributed by atoms with E-state index in [1.54, 1.807) is 30.5 Å². The van der Waals surface area contributed by atoms with Gasteiger partial charge >= 0.3 is 0 Å². The van der Waals surface area contributed by atoms with Crippen molar-refractivity contribution in [2.45, 2.75) is 18.2 Å². The second kappa shape index (κ2) is 7.07. The minimum Gasteiger partial charge on any atom is -0.316 e. The maximum atomic E-state index is 12.2. The summed E-state index contributed by atoms with van der Waals surface area (Å²) in [5.41, 5.74) is 3.01. The molecule has 2 N–H and O–H groups in total. The van der Waals surface area contributed by atoms with Gasteiger partial charge in [-0.3, -0.25) is 4.79 Å². The number of hydrogen-bond donors (Lipinski definition) is 1. The predicted octanol–water partition coefficient (Wildman–Crippen LogP) is 4.04. The maximum absolute atomic E-state index is 12.2. The number of Topliss-reactive ketones (excluding diaryl/α,β-unsaturated/α-hetero) is 1. The van der Waals surface area contributed by atoms with Crippen LogP contribution in [0.2, 0.25) is 5.02 Å². The van der Waals surface area contributed by atoms with Crippen molar-refractivity contribution in [3.05, 3.63) is 71.4 Å². The average Bonchev–Trinajstić information content (AvgIpc) is 3.06. The van der Waals surface area contributed by atoms with Crippen LogP contribution in [0.15, 0.2) is 65.7 Å². The van der Waals surface area contributed by atoms with E-state index in [0.717, 1.165) is 16.9 Å². The number of rotatable bonds is 5. The fraction of sp³-hybridized carbons (Fsp3) is 0.105. The minimum atomic E-state index is -3.76. The molecule has 5 nitrogen and oxygen atoms in total. The third-order valence-electron chi connectivity index (χ3n) is 4.05. The molecule has 2 aromatic carbocycles. The van der Waals surface area contributed by atoms with Crippen molar-refractivity contribution in [1.82, 2.24) is 4.57 Å². The Kier molecular flexibility index (Phi) is 5.00. The smallest absolute Gasteiger partial charge is 0.238 e. The molecule has 0 atom stereocenters. The lowest BCUT2D eigenvalue weighted by molar-refractivity contribution is 0.0988. The number of nitrogens with two attached hydrogens (primary N) is 1. The van der Waals surface area contributed by atoms with E-state index in [0.29, 0.717) is 17.0 Å². The molecule has 0 amide bonds. The number of carbonyl (C=O) groups excluding carboxylic acids is 1. The Morgan fingerprint density at radius 2 is 1.69 bits per heavy atom. The first kappa shape index (κ1) is 18.4. The average molecular weight is 389 g/mol. The number of primary sulfonamides is 1. The first-order valence-corrected chi connectivity index (χ1v) is 9.87. The standard InChI is InChI=1S/C19H17ClN2O3S/c1-2-19(23)14-11-18(13-3-5-15(20)6-4-13)22(12-14)16-7-9-17(10-8-16)26(21,24)25/h3-12H,2H2,1H3,(H2,21,24,25). The Labute approximate surface area is 157 Å². The molecule has 0 saturated heterocycles. The van der Waals surface area contributed by atoms with Crippen molar-refractivity contribution in [2.75, 3.05) is 0 Å². The Hall–Kier alpha value is -2.41. The second-order valence-corrected chi connectivity index (χ2v) is 7.80. The van der Waals surface area contributed by atoms with Gasteiger partial charge in [0.05, 0.1) is 10.6 Å². The lowest BCUT2D eigenvalue weighted by Crippen LogP contribution is -2.12. The zero-order valence-electron chi connectivity index (χ0n) is 14.0. The van der Waals surface area contributed by atoms with Gasteiger partial charge in [-0.15, -0.1) is 0 Å². The number of nitrogens with zero attached hydrogens (tertiary/aromatic N) is 1. The number of halogens is 1. The lowest BCUT2D eigenvalue weighted by atomic mass is 10.1. The highest BCUT2D eigenvalue weighted by atomic mass is 35.5. The predicted molar refractivity (Wildman–Crippen MR) is 102 cm³/mol. The molecule has 0 spiro atoms. The van der Waals surface area contributed by atoms with Gasteiger partial charge in [-0.05, 0) is 48.0 Å². The van der Waals surface area contributed by atoms with Gasteiger partial charge in [-0.2, -0.15) is 0 Å². The zero-order chi connectivity index (χ0) is 18.9. The summed E-state index contributed by atoms with van der Waals surface area (Å²) < 4.78 is 24.7. The molecule has 3 aromatic rings. The van der Waals surface area contributed by atoms with Crippen molar-refractivity contribution < 1.29 is 13.2 Å². The molecule has 0 saturated carbocycles. The molecule has 134 valence electrons. The molecule has 0 bridgehead atoms. The molecule has 0 aliphatic rings. The zero-order valence-corrected chi connectivity index (χ0v) is 15.6. The Bertz CT molecular complexity index is 1050. The highest BCUT2D eigenvalue weighted by molar-refractivity contribution is 7.89. The number of ketones is 1. The third kappa shape index (κ3) is 3.72. The van der Waals surface area contributed by atoms with Crippen LogP contribution in [0, 0.1) is 0 Å². The summed E-state index contributed by atoms with van der Waals surface area (Å²) in [6.07, 6.45) is 2.15. The van der Waals surface area contributed by atoms with E-state index in [1.165, 1.54) is 12.1 Å². The molecule has 0 aliphatic heterocycles. The third-order valence-corrected chi connectivity index (χ3v) is 5.23. The number of sulfonamides is 1. The van der Waals surface area contributed by atoms with Crippen molar-refractivity contribution in [1.29, 1.82) is 0 Å². The SMILES string of the molecule is CCC(=O)c1cc(-c2ccc(Cl)cc2)n(-c2ccc(S(N)(=O)=O)cc2)c1. The van der Waals surface area contributed by atoms with E-state index in [2.05, 4.69) is 0 Å². The van der Waals surface area contributed by atoms with E-state index < -0.39 is 10.0 Å². The number of carbonyl (C=O) groups is 1. The van der Waals surface area contributed by atoms with E-state index in [9.17, 15) is 13.2 Å². The number of hydrogen-bond acceptors (Lipinski definition) is 3. The first-order valence-electron chi connectivity index (χ1n) is 7.94. The summed E-state index contributed by atoms with van der Waals surface area (Å²) in [5.74, 6) is 0.0279. The van der Waals surface area contributed by atoms with Gasteiger partial charge in [0.2, 0.25) is 10.0 Å². The molecule has 1 aromatic heterocycles. The summed E-state index contributed by atoms with van der Waals surface area (Å²) >= 11 is 5.96. The van der Waals surface area contributed by atoms with Crippen LogP contribution < -0.4 is 5.14 Å². The van der Waals surface area contributed by atoms with Gasteiger partial charge in [0.1, 0.15) is 0 Å². The first-order chi connectivity index (χ1) is 12.3. The van der Waals surface area contributed by atoms with Crippen LogP contribution in [-0.2, 0) is 10.0 Å². The summed E-state index contributed by atoms with van der Waals surface area (Å²) in [5, 5.41) is 5.77. The van der Waals surface area contributed by atoms with Crippen LogP contribution >= 0.6 is 11.6 Å². The molecule has 0 fully saturated rings. The topological polar surface area (TPSA) is 82.2 Å². The maximum Gasteiger partial charge on any atom is 0.238 e. The summed E-state index contributed by atoms with van der Waals surface area (Å²) in [6.45, 7) is 1.81. The van der Waals surface area contributed by atoms with E-state index in [-0.39, 0.29) is 10.7 Å². The Balaban J connectivity index is 2.14. The molecule has 3 rings (SSSR count).